The van der Waals surface area contributed by atoms with E-state index in [1.807, 2.05) is 0 Å². The van der Waals surface area contributed by atoms with Crippen molar-refractivity contribution >= 4 is 50.9 Å². The maximum Gasteiger partial charge on any atom is 0.229 e. The predicted molar refractivity (Wildman–Crippen MR) is 63.6 cm³/mol. The van der Waals surface area contributed by atoms with Crippen LogP contribution in [0.25, 0.3) is 0 Å². The number of rotatable bonds is 1. The summed E-state index contributed by atoms with van der Waals surface area (Å²) in [4.78, 5) is 17.2. The molecule has 1 atom stereocenters. The lowest BCUT2D eigenvalue weighted by Crippen LogP contribution is -2.25. The van der Waals surface area contributed by atoms with Gasteiger partial charge in [0, 0.05) is 19.2 Å². The molecule has 6 heteroatoms. The average Bonchev–Trinajstić information content (AvgIpc) is 2.45. The third-order valence-electron chi connectivity index (χ3n) is 2.12. The molecule has 0 saturated carbocycles. The minimum absolute atomic E-state index is 0.00878. The van der Waals surface area contributed by atoms with E-state index in [0.717, 1.165) is 0 Å². The second kappa shape index (κ2) is 4.28. The number of halogens is 3. The van der Waals surface area contributed by atoms with Crippen molar-refractivity contribution in [2.24, 2.45) is 0 Å². The summed E-state index contributed by atoms with van der Waals surface area (Å²) in [5.74, 6) is 0.568. The lowest BCUT2D eigenvalue weighted by Gasteiger charge is -2.15. The maximum atomic E-state index is 11.6. The van der Waals surface area contributed by atoms with Crippen LogP contribution in [0.15, 0.2) is 16.7 Å². The van der Waals surface area contributed by atoms with Gasteiger partial charge in [-0.05, 0) is 22.0 Å². The largest absolute Gasteiger partial charge is 0.294 e. The highest BCUT2D eigenvalue weighted by molar-refractivity contribution is 9.10. The zero-order chi connectivity index (χ0) is 11.0. The van der Waals surface area contributed by atoms with Gasteiger partial charge in [0.25, 0.3) is 0 Å². The number of anilines is 1. The fourth-order valence-electron chi connectivity index (χ4n) is 1.47. The summed E-state index contributed by atoms with van der Waals surface area (Å²) in [6.45, 7) is 0.494. The van der Waals surface area contributed by atoms with E-state index in [0.29, 0.717) is 28.3 Å². The molecule has 2 heterocycles. The van der Waals surface area contributed by atoms with Crippen molar-refractivity contribution in [3.63, 3.8) is 0 Å². The molecule has 80 valence electrons. The Morgan fingerprint density at radius 3 is 2.87 bits per heavy atom. The van der Waals surface area contributed by atoms with Crippen molar-refractivity contribution in [1.82, 2.24) is 4.98 Å². The number of aromatic nitrogens is 1. The number of alkyl halides is 1. The Morgan fingerprint density at radius 1 is 1.60 bits per heavy atom. The Kier molecular flexibility index (Phi) is 3.19. The number of nitrogens with zero attached hydrogens (tertiary/aromatic N) is 2. The van der Waals surface area contributed by atoms with Crippen LogP contribution >= 0.6 is 39.1 Å². The topological polar surface area (TPSA) is 33.2 Å². The van der Waals surface area contributed by atoms with Gasteiger partial charge in [0.2, 0.25) is 5.91 Å². The van der Waals surface area contributed by atoms with Gasteiger partial charge in [0.05, 0.1) is 14.9 Å². The highest BCUT2D eigenvalue weighted by Crippen LogP contribution is 2.30. The number of pyridine rings is 1. The van der Waals surface area contributed by atoms with Crippen LogP contribution in [0.1, 0.15) is 6.42 Å². The van der Waals surface area contributed by atoms with Gasteiger partial charge in [-0.15, -0.1) is 11.6 Å². The lowest BCUT2D eigenvalue weighted by atomic mass is 10.4. The Morgan fingerprint density at radius 2 is 2.33 bits per heavy atom. The Hall–Kier alpha value is -0.320. The molecule has 0 radical (unpaired) electrons. The van der Waals surface area contributed by atoms with Crippen LogP contribution in [0.2, 0.25) is 5.02 Å². The fourth-order valence-corrected chi connectivity index (χ4v) is 2.60. The molecule has 0 bridgehead atoms. The van der Waals surface area contributed by atoms with Crippen molar-refractivity contribution < 1.29 is 4.79 Å². The molecule has 2 rings (SSSR count). The molecule has 3 nitrogen and oxygen atoms in total. The van der Waals surface area contributed by atoms with Gasteiger partial charge in [-0.1, -0.05) is 11.6 Å². The average molecular weight is 310 g/mol. The van der Waals surface area contributed by atoms with E-state index >= 15 is 0 Å². The molecule has 1 aromatic heterocycles. The number of carbonyl (C=O) groups is 1. The van der Waals surface area contributed by atoms with E-state index in [2.05, 4.69) is 20.9 Å². The molecule has 0 spiro atoms. The van der Waals surface area contributed by atoms with E-state index in [4.69, 9.17) is 23.2 Å². The van der Waals surface area contributed by atoms with E-state index in [9.17, 15) is 4.79 Å². The second-order valence-electron chi connectivity index (χ2n) is 3.26. The molecule has 1 amide bonds. The molecule has 1 unspecified atom stereocenters. The first-order valence-corrected chi connectivity index (χ1v) is 5.94. The Bertz CT molecular complexity index is 413. The van der Waals surface area contributed by atoms with Gasteiger partial charge in [0.1, 0.15) is 5.82 Å². The van der Waals surface area contributed by atoms with Crippen LogP contribution in [-0.2, 0) is 4.79 Å². The van der Waals surface area contributed by atoms with E-state index < -0.39 is 0 Å². The number of hydrogen-bond donors (Lipinski definition) is 0. The summed E-state index contributed by atoms with van der Waals surface area (Å²) in [6.07, 6.45) is 1.87. The number of hydrogen-bond acceptors (Lipinski definition) is 2. The SMILES string of the molecule is O=C1CC(Cl)CN1c1ncc(Cl)cc1Br. The monoisotopic (exact) mass is 308 g/mol. The van der Waals surface area contributed by atoms with Gasteiger partial charge < -0.3 is 0 Å². The van der Waals surface area contributed by atoms with Gasteiger partial charge >= 0.3 is 0 Å². The number of amides is 1. The minimum Gasteiger partial charge on any atom is -0.294 e. The highest BCUT2D eigenvalue weighted by Gasteiger charge is 2.31. The minimum atomic E-state index is -0.137. The summed E-state index contributed by atoms with van der Waals surface area (Å²) in [5, 5.41) is 0.390. The summed E-state index contributed by atoms with van der Waals surface area (Å²) < 4.78 is 0.703. The summed E-state index contributed by atoms with van der Waals surface area (Å²) in [6, 6.07) is 1.71. The third-order valence-corrected chi connectivity index (χ3v) is 3.20. The van der Waals surface area contributed by atoms with Gasteiger partial charge in [-0.3, -0.25) is 9.69 Å². The van der Waals surface area contributed by atoms with E-state index in [-0.39, 0.29) is 11.3 Å². The van der Waals surface area contributed by atoms with Crippen LogP contribution in [0.5, 0.6) is 0 Å². The van der Waals surface area contributed by atoms with Gasteiger partial charge in [0.15, 0.2) is 0 Å². The standard InChI is InChI=1S/C9H7BrCl2N2O/c10-7-1-5(11)3-13-9(7)14-4-6(12)2-8(14)15/h1,3,6H,2,4H2. The zero-order valence-corrected chi connectivity index (χ0v) is 10.7. The molecule has 1 aromatic rings. The summed E-state index contributed by atoms with van der Waals surface area (Å²) in [7, 11) is 0. The van der Waals surface area contributed by atoms with Crippen LogP contribution in [-0.4, -0.2) is 22.8 Å². The normalized spacial score (nSPS) is 21.1. The van der Waals surface area contributed by atoms with E-state index in [1.165, 1.54) is 6.20 Å². The highest BCUT2D eigenvalue weighted by atomic mass is 79.9. The first-order valence-electron chi connectivity index (χ1n) is 4.33. The quantitative estimate of drug-likeness (QED) is 0.747. The van der Waals surface area contributed by atoms with Crippen LogP contribution in [0.3, 0.4) is 0 Å². The smallest absolute Gasteiger partial charge is 0.229 e. The molecule has 15 heavy (non-hydrogen) atoms. The molecular formula is C9H7BrCl2N2O. The molecule has 1 fully saturated rings. The molecule has 0 aliphatic carbocycles. The number of carbonyl (C=O) groups excluding carboxylic acids is 1. The van der Waals surface area contributed by atoms with Crippen molar-refractivity contribution in [2.45, 2.75) is 11.8 Å². The first-order chi connectivity index (χ1) is 7.08. The molecule has 0 N–H and O–H groups in total. The Balaban J connectivity index is 2.34. The van der Waals surface area contributed by atoms with Crippen molar-refractivity contribution in [3.8, 4) is 0 Å². The first kappa shape index (κ1) is 11.2. The van der Waals surface area contributed by atoms with Crippen molar-refractivity contribution in [1.29, 1.82) is 0 Å². The summed E-state index contributed by atoms with van der Waals surface area (Å²) in [5.41, 5.74) is 0. The molecular weight excluding hydrogens is 303 g/mol. The van der Waals surface area contributed by atoms with Gasteiger partial charge in [-0.25, -0.2) is 4.98 Å². The van der Waals surface area contributed by atoms with Crippen molar-refractivity contribution in [2.75, 3.05) is 11.4 Å². The molecule has 1 saturated heterocycles. The fraction of sp³-hybridized carbons (Fsp3) is 0.333. The van der Waals surface area contributed by atoms with Crippen LogP contribution in [0.4, 0.5) is 5.82 Å². The maximum absolute atomic E-state index is 11.6. The second-order valence-corrected chi connectivity index (χ2v) is 5.17. The van der Waals surface area contributed by atoms with Crippen molar-refractivity contribution in [3.05, 3.63) is 21.8 Å². The molecule has 0 aromatic carbocycles. The zero-order valence-electron chi connectivity index (χ0n) is 7.58. The summed E-state index contributed by atoms with van der Waals surface area (Å²) >= 11 is 15.0. The molecule has 1 aliphatic heterocycles. The molecule has 1 aliphatic rings. The third kappa shape index (κ3) is 2.27. The van der Waals surface area contributed by atoms with E-state index in [1.54, 1.807) is 11.0 Å². The van der Waals surface area contributed by atoms with Crippen LogP contribution < -0.4 is 4.90 Å². The van der Waals surface area contributed by atoms with Gasteiger partial charge in [-0.2, -0.15) is 0 Å². The lowest BCUT2D eigenvalue weighted by molar-refractivity contribution is -0.117. The Labute approximate surface area is 106 Å². The van der Waals surface area contributed by atoms with Crippen LogP contribution in [0, 0.1) is 0 Å². The predicted octanol–water partition coefficient (Wildman–Crippen LogP) is 2.84.